The summed E-state index contributed by atoms with van der Waals surface area (Å²) in [6.45, 7) is 4.33. The molecule has 0 amide bonds. The van der Waals surface area contributed by atoms with Crippen molar-refractivity contribution in [2.45, 2.75) is 33.0 Å². The SMILES string of the molecule is Cc1cc(C(=O)Cn2cc([N+](=O)[O-])ccc2=O)c(C)n1C[C@H]1COc2ccccc2O1. The maximum atomic E-state index is 12.9. The van der Waals surface area contributed by atoms with Crippen molar-refractivity contribution in [3.63, 3.8) is 0 Å². The molecule has 1 aliphatic rings. The Morgan fingerprint density at radius 1 is 1.19 bits per heavy atom. The molecule has 2 aromatic heterocycles. The van der Waals surface area contributed by atoms with Gasteiger partial charge in [0.15, 0.2) is 23.4 Å². The van der Waals surface area contributed by atoms with Gasteiger partial charge in [-0.2, -0.15) is 0 Å². The number of ether oxygens (including phenoxy) is 2. The number of para-hydroxylation sites is 2. The first-order chi connectivity index (χ1) is 14.8. The molecule has 0 saturated carbocycles. The first-order valence-electron chi connectivity index (χ1n) is 9.77. The van der Waals surface area contributed by atoms with Crippen LogP contribution in [0.25, 0.3) is 0 Å². The van der Waals surface area contributed by atoms with E-state index in [1.165, 1.54) is 0 Å². The molecule has 0 aliphatic carbocycles. The minimum atomic E-state index is -0.601. The molecule has 160 valence electrons. The van der Waals surface area contributed by atoms with E-state index >= 15 is 0 Å². The standard InChI is InChI=1S/C22H21N3O6/c1-14-9-18(19(26)12-23-10-16(25(28)29)7-8-22(23)27)15(2)24(14)11-17-13-30-20-5-3-4-6-21(20)31-17/h3-10,17H,11-13H2,1-2H3/t17-/m0/s1. The van der Waals surface area contributed by atoms with Crippen molar-refractivity contribution in [1.29, 1.82) is 0 Å². The summed E-state index contributed by atoms with van der Waals surface area (Å²) in [6, 6.07) is 11.4. The predicted molar refractivity (Wildman–Crippen MR) is 112 cm³/mol. The molecule has 3 aromatic rings. The lowest BCUT2D eigenvalue weighted by atomic mass is 10.1. The van der Waals surface area contributed by atoms with E-state index in [1.807, 2.05) is 42.7 Å². The van der Waals surface area contributed by atoms with Crippen LogP contribution in [0.3, 0.4) is 0 Å². The van der Waals surface area contributed by atoms with Crippen molar-refractivity contribution in [1.82, 2.24) is 9.13 Å². The fraction of sp³-hybridized carbons (Fsp3) is 0.273. The number of hydrogen-bond acceptors (Lipinski definition) is 6. The minimum absolute atomic E-state index is 0.220. The Hall–Kier alpha value is -3.88. The van der Waals surface area contributed by atoms with Gasteiger partial charge in [0, 0.05) is 29.1 Å². The second-order valence-corrected chi connectivity index (χ2v) is 7.43. The molecule has 0 spiro atoms. The topological polar surface area (TPSA) is 106 Å². The monoisotopic (exact) mass is 423 g/mol. The van der Waals surface area contributed by atoms with Gasteiger partial charge in [0.1, 0.15) is 6.61 Å². The number of fused-ring (bicyclic) bond motifs is 1. The highest BCUT2D eigenvalue weighted by atomic mass is 16.6. The van der Waals surface area contributed by atoms with Gasteiger partial charge in [-0.1, -0.05) is 12.1 Å². The summed E-state index contributed by atoms with van der Waals surface area (Å²) in [5.41, 5.74) is 1.36. The number of carbonyl (C=O) groups is 1. The quantitative estimate of drug-likeness (QED) is 0.343. The lowest BCUT2D eigenvalue weighted by Crippen LogP contribution is -2.33. The van der Waals surface area contributed by atoms with Crippen LogP contribution >= 0.6 is 0 Å². The van der Waals surface area contributed by atoms with E-state index in [9.17, 15) is 19.7 Å². The van der Waals surface area contributed by atoms with Crippen LogP contribution in [-0.4, -0.2) is 32.6 Å². The molecule has 0 unspecified atom stereocenters. The second-order valence-electron chi connectivity index (χ2n) is 7.43. The van der Waals surface area contributed by atoms with Crippen molar-refractivity contribution in [3.8, 4) is 11.5 Å². The number of benzene rings is 1. The van der Waals surface area contributed by atoms with Crippen molar-refractivity contribution in [3.05, 3.63) is 86.1 Å². The number of hydrogen-bond donors (Lipinski definition) is 0. The van der Waals surface area contributed by atoms with Crippen LogP contribution in [0.4, 0.5) is 5.69 Å². The average Bonchev–Trinajstić information content (AvgIpc) is 3.03. The number of rotatable bonds is 6. The van der Waals surface area contributed by atoms with Crippen LogP contribution in [0.2, 0.25) is 0 Å². The van der Waals surface area contributed by atoms with Gasteiger partial charge in [-0.15, -0.1) is 0 Å². The van der Waals surface area contributed by atoms with Gasteiger partial charge in [0.25, 0.3) is 11.2 Å². The van der Waals surface area contributed by atoms with Crippen LogP contribution < -0.4 is 15.0 Å². The van der Waals surface area contributed by atoms with Crippen molar-refractivity contribution in [2.24, 2.45) is 0 Å². The highest BCUT2D eigenvalue weighted by molar-refractivity contribution is 5.97. The Morgan fingerprint density at radius 2 is 1.94 bits per heavy atom. The van der Waals surface area contributed by atoms with Gasteiger partial charge >= 0.3 is 0 Å². The maximum absolute atomic E-state index is 12.9. The van der Waals surface area contributed by atoms with E-state index in [1.54, 1.807) is 6.07 Å². The Kier molecular flexibility index (Phi) is 5.33. The van der Waals surface area contributed by atoms with E-state index < -0.39 is 10.5 Å². The average molecular weight is 423 g/mol. The number of aromatic nitrogens is 2. The summed E-state index contributed by atoms with van der Waals surface area (Å²) >= 11 is 0. The molecule has 4 rings (SSSR count). The molecule has 0 saturated heterocycles. The molecule has 0 bridgehead atoms. The van der Waals surface area contributed by atoms with Gasteiger partial charge in [-0.05, 0) is 32.0 Å². The zero-order valence-corrected chi connectivity index (χ0v) is 17.1. The lowest BCUT2D eigenvalue weighted by Gasteiger charge is -2.27. The van der Waals surface area contributed by atoms with Crippen LogP contribution in [0.1, 0.15) is 21.7 Å². The number of pyridine rings is 1. The summed E-state index contributed by atoms with van der Waals surface area (Å²) in [5.74, 6) is 1.09. The van der Waals surface area contributed by atoms with Gasteiger partial charge in [0.2, 0.25) is 0 Å². The summed E-state index contributed by atoms with van der Waals surface area (Å²) in [5, 5.41) is 11.0. The molecule has 1 aromatic carbocycles. The molecule has 9 nitrogen and oxygen atoms in total. The fourth-order valence-electron chi connectivity index (χ4n) is 3.71. The van der Waals surface area contributed by atoms with Crippen LogP contribution in [0.15, 0.2) is 53.5 Å². The summed E-state index contributed by atoms with van der Waals surface area (Å²) in [4.78, 5) is 35.3. The van der Waals surface area contributed by atoms with E-state index in [4.69, 9.17) is 9.47 Å². The number of Topliss-reactive ketones (excluding diaryl/α,β-unsaturated/α-hetero) is 1. The number of nitrogens with zero attached hydrogens (tertiary/aromatic N) is 3. The Bertz CT molecular complexity index is 1230. The number of ketones is 1. The van der Waals surface area contributed by atoms with Crippen LogP contribution in [-0.2, 0) is 13.1 Å². The summed E-state index contributed by atoms with van der Waals surface area (Å²) in [6.07, 6.45) is 0.867. The van der Waals surface area contributed by atoms with Crippen molar-refractivity contribution in [2.75, 3.05) is 6.61 Å². The summed E-state index contributed by atoms with van der Waals surface area (Å²) in [7, 11) is 0. The van der Waals surface area contributed by atoms with Gasteiger partial charge in [-0.25, -0.2) is 0 Å². The number of nitro groups is 1. The number of aryl methyl sites for hydroxylation is 1. The third-order valence-electron chi connectivity index (χ3n) is 5.32. The highest BCUT2D eigenvalue weighted by Crippen LogP contribution is 2.31. The second kappa shape index (κ2) is 8.10. The highest BCUT2D eigenvalue weighted by Gasteiger charge is 2.24. The molecule has 31 heavy (non-hydrogen) atoms. The van der Waals surface area contributed by atoms with Gasteiger partial charge < -0.3 is 18.6 Å². The molecule has 0 fully saturated rings. The van der Waals surface area contributed by atoms with E-state index in [-0.39, 0.29) is 24.1 Å². The normalized spacial score (nSPS) is 15.0. The maximum Gasteiger partial charge on any atom is 0.285 e. The lowest BCUT2D eigenvalue weighted by molar-refractivity contribution is -0.385. The molecule has 1 aliphatic heterocycles. The van der Waals surface area contributed by atoms with E-state index in [2.05, 4.69) is 0 Å². The van der Waals surface area contributed by atoms with Gasteiger partial charge in [-0.3, -0.25) is 19.7 Å². The fourth-order valence-corrected chi connectivity index (χ4v) is 3.71. The Morgan fingerprint density at radius 3 is 2.68 bits per heavy atom. The molecule has 3 heterocycles. The third kappa shape index (κ3) is 4.07. The molecule has 9 heteroatoms. The molecule has 0 radical (unpaired) electrons. The Labute approximate surface area is 177 Å². The minimum Gasteiger partial charge on any atom is -0.486 e. The summed E-state index contributed by atoms with van der Waals surface area (Å²) < 4.78 is 14.8. The predicted octanol–water partition coefficient (Wildman–Crippen LogP) is 2.90. The van der Waals surface area contributed by atoms with Crippen LogP contribution in [0.5, 0.6) is 11.5 Å². The zero-order valence-electron chi connectivity index (χ0n) is 17.1. The first-order valence-corrected chi connectivity index (χ1v) is 9.77. The smallest absolute Gasteiger partial charge is 0.285 e. The zero-order chi connectivity index (χ0) is 22.1. The Balaban J connectivity index is 1.53. The molecular weight excluding hydrogens is 402 g/mol. The first kappa shape index (κ1) is 20.4. The van der Waals surface area contributed by atoms with E-state index in [0.29, 0.717) is 30.2 Å². The van der Waals surface area contributed by atoms with E-state index in [0.717, 1.165) is 34.3 Å². The van der Waals surface area contributed by atoms with Crippen LogP contribution in [0, 0.1) is 24.0 Å². The van der Waals surface area contributed by atoms with Crippen molar-refractivity contribution < 1.29 is 19.2 Å². The van der Waals surface area contributed by atoms with Crippen molar-refractivity contribution >= 4 is 11.5 Å². The third-order valence-corrected chi connectivity index (χ3v) is 5.32. The largest absolute Gasteiger partial charge is 0.486 e. The van der Waals surface area contributed by atoms with Gasteiger partial charge in [0.05, 0.1) is 24.2 Å². The molecular formula is C22H21N3O6. The molecule has 0 N–H and O–H groups in total. The number of carbonyl (C=O) groups excluding carboxylic acids is 1. The molecule has 1 atom stereocenters.